The van der Waals surface area contributed by atoms with Gasteiger partial charge < -0.3 is 0 Å². The van der Waals surface area contributed by atoms with Crippen LogP contribution in [-0.2, 0) is 16.0 Å². The van der Waals surface area contributed by atoms with E-state index in [0.717, 1.165) is 18.4 Å². The Hall–Kier alpha value is -2.02. The third-order valence-corrected chi connectivity index (χ3v) is 4.21. The van der Waals surface area contributed by atoms with E-state index in [1.54, 1.807) is 18.2 Å². The van der Waals surface area contributed by atoms with E-state index in [1.165, 1.54) is 63.9 Å². The van der Waals surface area contributed by atoms with Gasteiger partial charge in [0.25, 0.3) is 0 Å². The van der Waals surface area contributed by atoms with E-state index >= 15 is 0 Å². The Bertz CT molecular complexity index is 571. The Morgan fingerprint density at radius 2 is 1.38 bits per heavy atom. The number of aryl methyl sites for hydroxylation is 1. The number of benzene rings is 1. The second-order valence-electron chi connectivity index (χ2n) is 6.15. The van der Waals surface area contributed by atoms with Crippen molar-refractivity contribution < 1.29 is 9.59 Å². The number of isocyanates is 2. The van der Waals surface area contributed by atoms with Crippen LogP contribution in [0.5, 0.6) is 0 Å². The van der Waals surface area contributed by atoms with Crippen LogP contribution in [0.1, 0.15) is 76.7 Å². The number of unbranched alkanes of at least 4 members (excludes halogenated alkanes) is 9. The van der Waals surface area contributed by atoms with Crippen LogP contribution >= 0.6 is 0 Å². The molecule has 0 unspecified atom stereocenters. The van der Waals surface area contributed by atoms with Crippen molar-refractivity contribution in [3.63, 3.8) is 0 Å². The monoisotopic (exact) mass is 328 g/mol. The molecule has 0 saturated carbocycles. The average molecular weight is 328 g/mol. The lowest BCUT2D eigenvalue weighted by Crippen LogP contribution is -1.88. The maximum Gasteiger partial charge on any atom is 0.240 e. The van der Waals surface area contributed by atoms with Crippen LogP contribution in [0.25, 0.3) is 0 Å². The van der Waals surface area contributed by atoms with Crippen molar-refractivity contribution in [2.45, 2.75) is 77.6 Å². The van der Waals surface area contributed by atoms with E-state index in [1.807, 2.05) is 6.07 Å². The molecule has 0 spiro atoms. The molecule has 24 heavy (non-hydrogen) atoms. The quantitative estimate of drug-likeness (QED) is 0.250. The Morgan fingerprint density at radius 1 is 0.792 bits per heavy atom. The van der Waals surface area contributed by atoms with Crippen LogP contribution < -0.4 is 0 Å². The fraction of sp³-hybridized carbons (Fsp3) is 0.600. The Labute approximate surface area is 145 Å². The molecular formula is C20H28N2O2. The van der Waals surface area contributed by atoms with E-state index < -0.39 is 0 Å². The molecular weight excluding hydrogens is 300 g/mol. The molecule has 0 aromatic heterocycles. The Kier molecular flexibility index (Phi) is 11.2. The fourth-order valence-electron chi connectivity index (χ4n) is 2.84. The molecule has 4 nitrogen and oxygen atoms in total. The van der Waals surface area contributed by atoms with Gasteiger partial charge in [0, 0.05) is 0 Å². The van der Waals surface area contributed by atoms with Crippen LogP contribution in [0, 0.1) is 0 Å². The zero-order chi connectivity index (χ0) is 17.5. The van der Waals surface area contributed by atoms with E-state index in [2.05, 4.69) is 16.9 Å². The largest absolute Gasteiger partial charge is 0.240 e. The number of carbonyl (C=O) groups excluding carboxylic acids is 2. The molecule has 130 valence electrons. The van der Waals surface area contributed by atoms with Crippen molar-refractivity contribution >= 4 is 23.5 Å². The second kappa shape index (κ2) is 13.4. The van der Waals surface area contributed by atoms with Gasteiger partial charge in [-0.25, -0.2) is 9.59 Å². The molecule has 0 radical (unpaired) electrons. The van der Waals surface area contributed by atoms with Gasteiger partial charge in [0.15, 0.2) is 0 Å². The molecule has 0 fully saturated rings. The summed E-state index contributed by atoms with van der Waals surface area (Å²) in [6.07, 6.45) is 16.9. The minimum atomic E-state index is 0.464. The molecule has 0 aliphatic heterocycles. The van der Waals surface area contributed by atoms with E-state index in [9.17, 15) is 9.59 Å². The molecule has 4 heteroatoms. The molecule has 0 aliphatic carbocycles. The number of rotatable bonds is 13. The maximum atomic E-state index is 10.5. The van der Waals surface area contributed by atoms with Crippen LogP contribution in [0.4, 0.5) is 11.4 Å². The lowest BCUT2D eigenvalue weighted by atomic mass is 10.0. The summed E-state index contributed by atoms with van der Waals surface area (Å²) in [4.78, 5) is 28.1. The molecule has 0 aliphatic rings. The van der Waals surface area contributed by atoms with Gasteiger partial charge in [-0.1, -0.05) is 70.8 Å². The van der Waals surface area contributed by atoms with Crippen LogP contribution in [-0.4, -0.2) is 12.2 Å². The first-order valence-electron chi connectivity index (χ1n) is 9.10. The van der Waals surface area contributed by atoms with Crippen molar-refractivity contribution in [3.8, 4) is 0 Å². The Morgan fingerprint density at radius 3 is 1.96 bits per heavy atom. The van der Waals surface area contributed by atoms with Gasteiger partial charge >= 0.3 is 0 Å². The van der Waals surface area contributed by atoms with Gasteiger partial charge in [0.1, 0.15) is 0 Å². The lowest BCUT2D eigenvalue weighted by molar-refractivity contribution is 0.556. The molecule has 0 amide bonds. The summed E-state index contributed by atoms with van der Waals surface area (Å²) in [7, 11) is 0. The maximum absolute atomic E-state index is 10.5. The van der Waals surface area contributed by atoms with Crippen LogP contribution in [0.3, 0.4) is 0 Å². The number of aliphatic imine (C=N–C) groups is 2. The van der Waals surface area contributed by atoms with Gasteiger partial charge in [-0.05, 0) is 30.5 Å². The molecule has 0 saturated heterocycles. The van der Waals surface area contributed by atoms with Crippen molar-refractivity contribution in [2.75, 3.05) is 0 Å². The first kappa shape index (κ1) is 20.0. The minimum Gasteiger partial charge on any atom is -0.211 e. The van der Waals surface area contributed by atoms with Gasteiger partial charge in [-0.15, -0.1) is 0 Å². The number of hydrogen-bond acceptors (Lipinski definition) is 4. The Balaban J connectivity index is 2.27. The third-order valence-electron chi connectivity index (χ3n) is 4.21. The number of nitrogens with zero attached hydrogens (tertiary/aromatic N) is 2. The predicted octanol–water partition coefficient (Wildman–Crippen LogP) is 6.08. The standard InChI is InChI=1S/C20H28N2O2/c1-2-3-4-5-6-7-8-9-10-11-12-18-13-14-19(21-16-23)15-20(18)22-17-24/h13-15H,2-12H2,1H3. The molecule has 0 atom stereocenters. The van der Waals surface area contributed by atoms with E-state index in [4.69, 9.17) is 0 Å². The summed E-state index contributed by atoms with van der Waals surface area (Å²) in [6, 6.07) is 5.25. The van der Waals surface area contributed by atoms with Gasteiger partial charge in [0.2, 0.25) is 12.2 Å². The van der Waals surface area contributed by atoms with Crippen molar-refractivity contribution in [3.05, 3.63) is 23.8 Å². The normalized spacial score (nSPS) is 10.0. The molecule has 0 N–H and O–H groups in total. The van der Waals surface area contributed by atoms with Gasteiger partial charge in [-0.3, -0.25) is 0 Å². The molecule has 1 rings (SSSR count). The van der Waals surface area contributed by atoms with Crippen LogP contribution in [0.15, 0.2) is 28.2 Å². The number of hydrogen-bond donors (Lipinski definition) is 0. The topological polar surface area (TPSA) is 58.9 Å². The van der Waals surface area contributed by atoms with Crippen molar-refractivity contribution in [1.29, 1.82) is 0 Å². The van der Waals surface area contributed by atoms with Crippen molar-refractivity contribution in [1.82, 2.24) is 0 Å². The molecule has 1 aromatic carbocycles. The smallest absolute Gasteiger partial charge is 0.211 e. The SMILES string of the molecule is CCCCCCCCCCCCc1ccc(N=C=O)cc1N=C=O. The summed E-state index contributed by atoms with van der Waals surface area (Å²) in [6.45, 7) is 2.24. The zero-order valence-electron chi connectivity index (χ0n) is 14.7. The van der Waals surface area contributed by atoms with Crippen molar-refractivity contribution in [2.24, 2.45) is 9.98 Å². The first-order valence-corrected chi connectivity index (χ1v) is 9.10. The van der Waals surface area contributed by atoms with E-state index in [-0.39, 0.29) is 0 Å². The predicted molar refractivity (Wildman–Crippen MR) is 97.6 cm³/mol. The average Bonchev–Trinajstić information content (AvgIpc) is 2.59. The highest BCUT2D eigenvalue weighted by Crippen LogP contribution is 2.26. The first-order chi connectivity index (χ1) is 11.8. The third kappa shape index (κ3) is 8.57. The zero-order valence-corrected chi connectivity index (χ0v) is 14.7. The molecule has 0 heterocycles. The molecule has 1 aromatic rings. The summed E-state index contributed by atoms with van der Waals surface area (Å²) in [5.74, 6) is 0. The van der Waals surface area contributed by atoms with Gasteiger partial charge in [0.05, 0.1) is 11.4 Å². The summed E-state index contributed by atoms with van der Waals surface area (Å²) >= 11 is 0. The lowest BCUT2D eigenvalue weighted by Gasteiger charge is -2.06. The summed E-state index contributed by atoms with van der Waals surface area (Å²) in [5.41, 5.74) is 2.02. The molecule has 0 bridgehead atoms. The minimum absolute atomic E-state index is 0.464. The highest BCUT2D eigenvalue weighted by molar-refractivity contribution is 5.62. The highest BCUT2D eigenvalue weighted by Gasteiger charge is 2.03. The fourth-order valence-corrected chi connectivity index (χ4v) is 2.84. The summed E-state index contributed by atoms with van der Waals surface area (Å²) in [5, 5.41) is 0. The van der Waals surface area contributed by atoms with Gasteiger partial charge in [-0.2, -0.15) is 9.98 Å². The highest BCUT2D eigenvalue weighted by atomic mass is 16.1. The summed E-state index contributed by atoms with van der Waals surface area (Å²) < 4.78 is 0. The van der Waals surface area contributed by atoms with E-state index in [0.29, 0.717) is 11.4 Å². The van der Waals surface area contributed by atoms with Crippen LogP contribution in [0.2, 0.25) is 0 Å². The second-order valence-corrected chi connectivity index (χ2v) is 6.15.